The molecule has 2 aromatic rings. The molecule has 28 heavy (non-hydrogen) atoms. The number of aryl methyl sites for hydroxylation is 2. The molecule has 0 aromatic carbocycles. The van der Waals surface area contributed by atoms with Gasteiger partial charge in [-0.15, -0.1) is 11.3 Å². The number of nitrogens with zero attached hydrogens (tertiary/aromatic N) is 2. The van der Waals surface area contributed by atoms with E-state index >= 15 is 0 Å². The number of aromatic nitrogens is 2. The SMILES string of the molecule is Cc1ccc(CC(=O)C2=C(c3cc(CCC4CCCCC4)[nH]n3)CCC=N2)s1. The maximum Gasteiger partial charge on any atom is 0.186 e. The van der Waals surface area contributed by atoms with E-state index in [1.54, 1.807) is 11.3 Å². The van der Waals surface area contributed by atoms with E-state index in [4.69, 9.17) is 0 Å². The molecule has 0 spiro atoms. The first kappa shape index (κ1) is 19.3. The molecule has 0 saturated heterocycles. The summed E-state index contributed by atoms with van der Waals surface area (Å²) in [5.41, 5.74) is 3.69. The smallest absolute Gasteiger partial charge is 0.186 e. The van der Waals surface area contributed by atoms with Gasteiger partial charge in [0.05, 0.1) is 5.69 Å². The molecule has 3 heterocycles. The predicted octanol–water partition coefficient (Wildman–Crippen LogP) is 5.68. The van der Waals surface area contributed by atoms with Gasteiger partial charge in [-0.3, -0.25) is 14.9 Å². The second kappa shape index (κ2) is 8.99. The highest BCUT2D eigenvalue weighted by Crippen LogP contribution is 2.30. The Morgan fingerprint density at radius 2 is 2.11 bits per heavy atom. The third-order valence-corrected chi connectivity index (χ3v) is 6.91. The summed E-state index contributed by atoms with van der Waals surface area (Å²) in [6.45, 7) is 2.07. The molecular weight excluding hydrogens is 366 g/mol. The number of hydrogen-bond acceptors (Lipinski definition) is 4. The number of aliphatic imine (C=N–C) groups is 1. The largest absolute Gasteiger partial charge is 0.292 e. The van der Waals surface area contributed by atoms with Gasteiger partial charge in [0.15, 0.2) is 5.78 Å². The number of carbonyl (C=O) groups excluding carboxylic acids is 1. The fourth-order valence-corrected chi connectivity index (χ4v) is 5.24. The first-order valence-corrected chi connectivity index (χ1v) is 11.4. The van der Waals surface area contributed by atoms with Crippen molar-refractivity contribution >= 4 is 28.9 Å². The van der Waals surface area contributed by atoms with Crippen LogP contribution in [0.5, 0.6) is 0 Å². The van der Waals surface area contributed by atoms with Crippen molar-refractivity contribution in [2.45, 2.75) is 71.1 Å². The van der Waals surface area contributed by atoms with Crippen LogP contribution in [0.1, 0.15) is 72.5 Å². The molecule has 1 fully saturated rings. The third kappa shape index (κ3) is 4.69. The monoisotopic (exact) mass is 395 g/mol. The van der Waals surface area contributed by atoms with Crippen LogP contribution >= 0.6 is 11.3 Å². The maximum atomic E-state index is 12.9. The van der Waals surface area contributed by atoms with Gasteiger partial charge in [0.1, 0.15) is 5.70 Å². The minimum atomic E-state index is 0.0968. The summed E-state index contributed by atoms with van der Waals surface area (Å²) in [7, 11) is 0. The van der Waals surface area contributed by atoms with Crippen molar-refractivity contribution in [3.8, 4) is 0 Å². The van der Waals surface area contributed by atoms with Crippen molar-refractivity contribution in [2.24, 2.45) is 10.9 Å². The van der Waals surface area contributed by atoms with Gasteiger partial charge in [0.25, 0.3) is 0 Å². The highest BCUT2D eigenvalue weighted by atomic mass is 32.1. The summed E-state index contributed by atoms with van der Waals surface area (Å²) in [6, 6.07) is 6.25. The zero-order valence-corrected chi connectivity index (χ0v) is 17.5. The molecule has 0 amide bonds. The number of ketones is 1. The van der Waals surface area contributed by atoms with E-state index in [2.05, 4.69) is 34.2 Å². The van der Waals surface area contributed by atoms with E-state index in [0.29, 0.717) is 12.1 Å². The van der Waals surface area contributed by atoms with Crippen LogP contribution in [-0.2, 0) is 17.6 Å². The summed E-state index contributed by atoms with van der Waals surface area (Å²) >= 11 is 1.68. The summed E-state index contributed by atoms with van der Waals surface area (Å²) < 4.78 is 0. The highest BCUT2D eigenvalue weighted by Gasteiger charge is 2.21. The van der Waals surface area contributed by atoms with Gasteiger partial charge in [0.2, 0.25) is 0 Å². The first-order chi connectivity index (χ1) is 13.7. The van der Waals surface area contributed by atoms with E-state index < -0.39 is 0 Å². The lowest BCUT2D eigenvalue weighted by Crippen LogP contribution is -2.10. The quantitative estimate of drug-likeness (QED) is 0.655. The number of thiophene rings is 1. The standard InChI is InChI=1S/C23H29N3OS/c1-16-9-12-19(28-16)15-22(27)23-20(8-5-13-24-23)21-14-18(25-26-21)11-10-17-6-3-2-4-7-17/h9,12-14,17H,2-8,10-11,15H2,1H3,(H,25,26). The lowest BCUT2D eigenvalue weighted by atomic mass is 9.86. The van der Waals surface area contributed by atoms with E-state index in [1.807, 2.05) is 12.3 Å². The van der Waals surface area contributed by atoms with Gasteiger partial charge in [-0.2, -0.15) is 5.10 Å². The molecule has 0 radical (unpaired) electrons. The first-order valence-electron chi connectivity index (χ1n) is 10.6. The molecule has 1 N–H and O–H groups in total. The number of rotatable bonds is 7. The summed E-state index contributed by atoms with van der Waals surface area (Å²) in [5.74, 6) is 0.963. The van der Waals surface area contributed by atoms with Crippen LogP contribution in [0.15, 0.2) is 28.9 Å². The zero-order valence-electron chi connectivity index (χ0n) is 16.7. The molecule has 0 atom stereocenters. The molecule has 4 nitrogen and oxygen atoms in total. The molecule has 0 bridgehead atoms. The zero-order chi connectivity index (χ0) is 19.3. The number of allylic oxidation sites excluding steroid dienone is 2. The van der Waals surface area contributed by atoms with Crippen LogP contribution in [0.25, 0.3) is 5.57 Å². The molecule has 1 aliphatic heterocycles. The number of aromatic amines is 1. The molecule has 2 aliphatic rings. The van der Waals surface area contributed by atoms with Crippen LogP contribution in [0.2, 0.25) is 0 Å². The minimum absolute atomic E-state index is 0.0968. The summed E-state index contributed by atoms with van der Waals surface area (Å²) in [5, 5.41) is 7.75. The lowest BCUT2D eigenvalue weighted by molar-refractivity contribution is -0.114. The number of carbonyl (C=O) groups is 1. The van der Waals surface area contributed by atoms with E-state index in [0.717, 1.165) is 41.3 Å². The van der Waals surface area contributed by atoms with E-state index in [1.165, 1.54) is 49.1 Å². The van der Waals surface area contributed by atoms with Crippen LogP contribution in [0.3, 0.4) is 0 Å². The third-order valence-electron chi connectivity index (χ3n) is 5.91. The van der Waals surface area contributed by atoms with E-state index in [-0.39, 0.29) is 5.78 Å². The molecule has 1 aliphatic carbocycles. The Labute approximate surface area is 171 Å². The topological polar surface area (TPSA) is 58.1 Å². The Hall–Kier alpha value is -2.01. The Morgan fingerprint density at radius 3 is 2.89 bits per heavy atom. The molecule has 2 aromatic heterocycles. The lowest BCUT2D eigenvalue weighted by Gasteiger charge is -2.20. The Kier molecular flexibility index (Phi) is 6.20. The minimum Gasteiger partial charge on any atom is -0.292 e. The van der Waals surface area contributed by atoms with Crippen LogP contribution in [0.4, 0.5) is 0 Å². The fraction of sp³-hybridized carbons (Fsp3) is 0.522. The van der Waals surface area contributed by atoms with Crippen molar-refractivity contribution in [1.29, 1.82) is 0 Å². The van der Waals surface area contributed by atoms with Crippen LogP contribution < -0.4 is 0 Å². The van der Waals surface area contributed by atoms with Gasteiger partial charge >= 0.3 is 0 Å². The van der Waals surface area contributed by atoms with Crippen LogP contribution in [0, 0.1) is 12.8 Å². The summed E-state index contributed by atoms with van der Waals surface area (Å²) in [4.78, 5) is 19.7. The molecule has 5 heteroatoms. The Morgan fingerprint density at radius 1 is 1.25 bits per heavy atom. The second-order valence-electron chi connectivity index (χ2n) is 8.11. The molecule has 148 valence electrons. The van der Waals surface area contributed by atoms with Crippen molar-refractivity contribution in [3.63, 3.8) is 0 Å². The van der Waals surface area contributed by atoms with Gasteiger partial charge in [0, 0.05) is 33.7 Å². The van der Waals surface area contributed by atoms with Crippen molar-refractivity contribution in [1.82, 2.24) is 10.2 Å². The molecular formula is C23H29N3OS. The van der Waals surface area contributed by atoms with Gasteiger partial charge in [-0.05, 0) is 56.7 Å². The Balaban J connectivity index is 1.46. The van der Waals surface area contributed by atoms with E-state index in [9.17, 15) is 4.79 Å². The van der Waals surface area contributed by atoms with Crippen molar-refractivity contribution in [2.75, 3.05) is 0 Å². The number of H-pyrrole nitrogens is 1. The summed E-state index contributed by atoms with van der Waals surface area (Å²) in [6.07, 6.45) is 13.2. The predicted molar refractivity (Wildman–Crippen MR) is 116 cm³/mol. The molecule has 0 unspecified atom stereocenters. The molecule has 1 saturated carbocycles. The average molecular weight is 396 g/mol. The second-order valence-corrected chi connectivity index (χ2v) is 9.48. The van der Waals surface area contributed by atoms with Crippen LogP contribution in [-0.4, -0.2) is 22.2 Å². The maximum absolute atomic E-state index is 12.9. The van der Waals surface area contributed by atoms with Gasteiger partial charge in [-0.25, -0.2) is 0 Å². The number of nitrogens with one attached hydrogen (secondary N) is 1. The Bertz CT molecular complexity index is 883. The average Bonchev–Trinajstić information content (AvgIpc) is 3.36. The molecule has 4 rings (SSSR count). The van der Waals surface area contributed by atoms with Crippen molar-refractivity contribution < 1.29 is 4.79 Å². The van der Waals surface area contributed by atoms with Gasteiger partial charge < -0.3 is 0 Å². The van der Waals surface area contributed by atoms with Gasteiger partial charge in [-0.1, -0.05) is 32.1 Å². The number of hydrogen-bond donors (Lipinski definition) is 1. The van der Waals surface area contributed by atoms with Crippen molar-refractivity contribution in [3.05, 3.63) is 45.0 Å². The normalized spacial score (nSPS) is 18.0. The fourth-order valence-electron chi connectivity index (χ4n) is 4.35. The highest BCUT2D eigenvalue weighted by molar-refractivity contribution is 7.12. The number of Topliss-reactive ketones (excluding diaryl/α,β-unsaturated/α-hetero) is 1.